The number of methoxy groups -OCH3 is 2. The Balaban J connectivity index is 2.44. The molecule has 0 fully saturated rings. The fourth-order valence-electron chi connectivity index (χ4n) is 1.97. The molecular formula is C15H17NO3. The number of ether oxygens (including phenoxy) is 2. The normalized spacial score (nSPS) is 11.9. The van der Waals surface area contributed by atoms with Gasteiger partial charge in [-0.1, -0.05) is 18.2 Å². The van der Waals surface area contributed by atoms with E-state index in [2.05, 4.69) is 0 Å². The first kappa shape index (κ1) is 13.2. The highest BCUT2D eigenvalue weighted by Gasteiger charge is 2.17. The number of aliphatic hydroxyl groups is 1. The summed E-state index contributed by atoms with van der Waals surface area (Å²) in [4.78, 5) is 0. The van der Waals surface area contributed by atoms with Crippen LogP contribution < -0.4 is 15.2 Å². The Labute approximate surface area is 112 Å². The summed E-state index contributed by atoms with van der Waals surface area (Å²) in [6, 6.07) is 12.5. The summed E-state index contributed by atoms with van der Waals surface area (Å²) in [6.45, 7) is 0. The lowest BCUT2D eigenvalue weighted by molar-refractivity contribution is 0.215. The predicted octanol–water partition coefficient (Wildman–Crippen LogP) is 2.37. The smallest absolute Gasteiger partial charge is 0.128 e. The molecule has 0 radical (unpaired) electrons. The summed E-state index contributed by atoms with van der Waals surface area (Å²) >= 11 is 0. The molecule has 4 nitrogen and oxygen atoms in total. The molecule has 0 amide bonds. The van der Waals surface area contributed by atoms with Crippen LogP contribution in [0.4, 0.5) is 5.69 Å². The first-order chi connectivity index (χ1) is 9.17. The van der Waals surface area contributed by atoms with Crippen molar-refractivity contribution in [3.8, 4) is 11.5 Å². The molecule has 1 unspecified atom stereocenters. The van der Waals surface area contributed by atoms with Crippen molar-refractivity contribution in [1.82, 2.24) is 0 Å². The van der Waals surface area contributed by atoms with Gasteiger partial charge in [-0.3, -0.25) is 0 Å². The third-order valence-electron chi connectivity index (χ3n) is 3.03. The molecule has 3 N–H and O–H groups in total. The van der Waals surface area contributed by atoms with Crippen molar-refractivity contribution in [2.75, 3.05) is 20.0 Å². The summed E-state index contributed by atoms with van der Waals surface area (Å²) < 4.78 is 10.4. The van der Waals surface area contributed by atoms with Gasteiger partial charge in [0.05, 0.1) is 14.2 Å². The van der Waals surface area contributed by atoms with Crippen LogP contribution in [0.15, 0.2) is 42.5 Å². The third kappa shape index (κ3) is 2.63. The van der Waals surface area contributed by atoms with E-state index in [0.717, 1.165) is 0 Å². The number of hydrogen-bond acceptors (Lipinski definition) is 4. The zero-order valence-electron chi connectivity index (χ0n) is 11.0. The Bertz CT molecular complexity index is 569. The minimum Gasteiger partial charge on any atom is -0.497 e. The predicted molar refractivity (Wildman–Crippen MR) is 74.5 cm³/mol. The average Bonchev–Trinajstić information content (AvgIpc) is 2.46. The van der Waals surface area contributed by atoms with E-state index in [0.29, 0.717) is 28.3 Å². The third-order valence-corrected chi connectivity index (χ3v) is 3.03. The zero-order chi connectivity index (χ0) is 13.8. The maximum atomic E-state index is 10.4. The van der Waals surface area contributed by atoms with Gasteiger partial charge in [0, 0.05) is 22.9 Å². The Hall–Kier alpha value is -2.20. The van der Waals surface area contributed by atoms with E-state index in [9.17, 15) is 5.11 Å². The molecule has 0 heterocycles. The minimum atomic E-state index is -0.831. The molecule has 100 valence electrons. The molecule has 1 atom stereocenters. The highest BCUT2D eigenvalue weighted by Crippen LogP contribution is 2.34. The second-order valence-electron chi connectivity index (χ2n) is 4.14. The molecule has 4 heteroatoms. The molecule has 2 aromatic rings. The van der Waals surface area contributed by atoms with E-state index in [1.165, 1.54) is 0 Å². The van der Waals surface area contributed by atoms with Gasteiger partial charge in [-0.05, 0) is 18.2 Å². The number of rotatable bonds is 4. The molecule has 2 rings (SSSR count). The van der Waals surface area contributed by atoms with Gasteiger partial charge < -0.3 is 20.3 Å². The number of hydrogen-bond donors (Lipinski definition) is 2. The van der Waals surface area contributed by atoms with Crippen LogP contribution >= 0.6 is 0 Å². The van der Waals surface area contributed by atoms with Crippen LogP contribution in [0.25, 0.3) is 0 Å². The minimum absolute atomic E-state index is 0.549. The van der Waals surface area contributed by atoms with Gasteiger partial charge in [0.15, 0.2) is 0 Å². The van der Waals surface area contributed by atoms with Crippen LogP contribution in [-0.4, -0.2) is 19.3 Å². The number of nitrogens with two attached hydrogens (primary N) is 1. The lowest BCUT2D eigenvalue weighted by Gasteiger charge is -2.17. The van der Waals surface area contributed by atoms with Crippen molar-refractivity contribution in [2.24, 2.45) is 0 Å². The van der Waals surface area contributed by atoms with E-state index >= 15 is 0 Å². The van der Waals surface area contributed by atoms with Crippen LogP contribution in [0.5, 0.6) is 11.5 Å². The van der Waals surface area contributed by atoms with Gasteiger partial charge in [0.1, 0.15) is 17.6 Å². The van der Waals surface area contributed by atoms with Crippen molar-refractivity contribution in [2.45, 2.75) is 6.10 Å². The fourth-order valence-corrected chi connectivity index (χ4v) is 1.97. The van der Waals surface area contributed by atoms with Crippen LogP contribution in [0.3, 0.4) is 0 Å². The first-order valence-electron chi connectivity index (χ1n) is 5.91. The van der Waals surface area contributed by atoms with Gasteiger partial charge in [0.25, 0.3) is 0 Å². The van der Waals surface area contributed by atoms with Gasteiger partial charge in [-0.25, -0.2) is 0 Å². The van der Waals surface area contributed by atoms with Crippen LogP contribution in [0, 0.1) is 0 Å². The number of para-hydroxylation sites is 1. The second-order valence-corrected chi connectivity index (χ2v) is 4.14. The monoisotopic (exact) mass is 259 g/mol. The topological polar surface area (TPSA) is 64.7 Å². The summed E-state index contributed by atoms with van der Waals surface area (Å²) in [7, 11) is 3.14. The first-order valence-corrected chi connectivity index (χ1v) is 5.91. The van der Waals surface area contributed by atoms with Crippen molar-refractivity contribution in [3.63, 3.8) is 0 Å². The largest absolute Gasteiger partial charge is 0.497 e. The van der Waals surface area contributed by atoms with E-state index in [-0.39, 0.29) is 0 Å². The Morgan fingerprint density at radius 1 is 1.00 bits per heavy atom. The summed E-state index contributed by atoms with van der Waals surface area (Å²) in [5.41, 5.74) is 7.74. The standard InChI is InChI=1S/C15H17NO3/c1-18-10-7-8-12(14(9-10)19-2)15(17)11-5-3-4-6-13(11)16/h3-9,15,17H,16H2,1-2H3. The highest BCUT2D eigenvalue weighted by molar-refractivity contribution is 5.53. The molecule has 0 aliphatic rings. The Morgan fingerprint density at radius 3 is 2.37 bits per heavy atom. The van der Waals surface area contributed by atoms with Crippen molar-refractivity contribution in [3.05, 3.63) is 53.6 Å². The molecule has 0 saturated heterocycles. The summed E-state index contributed by atoms with van der Waals surface area (Å²) in [6.07, 6.45) is -0.831. The molecule has 2 aromatic carbocycles. The molecule has 0 aliphatic carbocycles. The summed E-state index contributed by atoms with van der Waals surface area (Å²) in [5.74, 6) is 1.24. The van der Waals surface area contributed by atoms with Crippen molar-refractivity contribution in [1.29, 1.82) is 0 Å². The molecule has 19 heavy (non-hydrogen) atoms. The van der Waals surface area contributed by atoms with Gasteiger partial charge in [-0.2, -0.15) is 0 Å². The van der Waals surface area contributed by atoms with Gasteiger partial charge in [0.2, 0.25) is 0 Å². The zero-order valence-corrected chi connectivity index (χ0v) is 11.0. The van der Waals surface area contributed by atoms with E-state index in [4.69, 9.17) is 15.2 Å². The Morgan fingerprint density at radius 2 is 1.74 bits per heavy atom. The molecule has 0 spiro atoms. The van der Waals surface area contributed by atoms with E-state index < -0.39 is 6.10 Å². The van der Waals surface area contributed by atoms with Gasteiger partial charge in [-0.15, -0.1) is 0 Å². The number of nitrogen functional groups attached to an aromatic ring is 1. The van der Waals surface area contributed by atoms with Crippen LogP contribution in [-0.2, 0) is 0 Å². The van der Waals surface area contributed by atoms with E-state index in [1.807, 2.05) is 12.1 Å². The van der Waals surface area contributed by atoms with E-state index in [1.54, 1.807) is 44.6 Å². The number of aliphatic hydroxyl groups excluding tert-OH is 1. The molecule has 0 saturated carbocycles. The molecule has 0 aromatic heterocycles. The maximum Gasteiger partial charge on any atom is 0.128 e. The second kappa shape index (κ2) is 5.63. The van der Waals surface area contributed by atoms with Crippen molar-refractivity contribution >= 4 is 5.69 Å². The fraction of sp³-hybridized carbons (Fsp3) is 0.200. The summed E-state index contributed by atoms with van der Waals surface area (Å²) in [5, 5.41) is 10.4. The highest BCUT2D eigenvalue weighted by atomic mass is 16.5. The number of anilines is 1. The lowest BCUT2D eigenvalue weighted by Crippen LogP contribution is -2.05. The van der Waals surface area contributed by atoms with Crippen LogP contribution in [0.2, 0.25) is 0 Å². The number of benzene rings is 2. The Kier molecular flexibility index (Phi) is 3.92. The van der Waals surface area contributed by atoms with Crippen LogP contribution in [0.1, 0.15) is 17.2 Å². The van der Waals surface area contributed by atoms with Gasteiger partial charge >= 0.3 is 0 Å². The maximum absolute atomic E-state index is 10.4. The average molecular weight is 259 g/mol. The molecule has 0 aliphatic heterocycles. The van der Waals surface area contributed by atoms with Crippen molar-refractivity contribution < 1.29 is 14.6 Å². The SMILES string of the molecule is COc1ccc(C(O)c2ccccc2N)c(OC)c1. The molecule has 0 bridgehead atoms. The lowest BCUT2D eigenvalue weighted by atomic mass is 9.99. The quantitative estimate of drug-likeness (QED) is 0.827. The molecular weight excluding hydrogens is 242 g/mol.